The molecule has 9 heteroatoms. The van der Waals surface area contributed by atoms with E-state index < -0.39 is 46.5 Å². The van der Waals surface area contributed by atoms with Crippen LogP contribution in [0.15, 0.2) is 47.3 Å². The van der Waals surface area contributed by atoms with E-state index in [0.717, 1.165) is 10.2 Å². The van der Waals surface area contributed by atoms with Crippen LogP contribution in [-0.4, -0.2) is 15.7 Å². The van der Waals surface area contributed by atoms with Crippen LogP contribution in [-0.2, 0) is 4.79 Å². The molecule has 1 atom stereocenters. The molecule has 0 saturated carbocycles. The van der Waals surface area contributed by atoms with Crippen molar-refractivity contribution in [2.24, 2.45) is 0 Å². The Bertz CT molecular complexity index is 1130. The number of aromatic nitrogens is 2. The molecular formula is C21H17F4N3O2. The Morgan fingerprint density at radius 1 is 1.03 bits per heavy atom. The zero-order valence-corrected chi connectivity index (χ0v) is 16.0. The highest BCUT2D eigenvalue weighted by Crippen LogP contribution is 2.25. The predicted octanol–water partition coefficient (Wildman–Crippen LogP) is 4.36. The molecule has 0 aliphatic rings. The number of amides is 1. The molecule has 0 aliphatic carbocycles. The van der Waals surface area contributed by atoms with Gasteiger partial charge in [0.2, 0.25) is 5.91 Å². The van der Waals surface area contributed by atoms with E-state index >= 15 is 0 Å². The fourth-order valence-corrected chi connectivity index (χ4v) is 2.89. The topological polar surface area (TPSA) is 64.0 Å². The lowest BCUT2D eigenvalue weighted by Crippen LogP contribution is -2.35. The molecule has 0 saturated heterocycles. The van der Waals surface area contributed by atoms with Crippen molar-refractivity contribution in [2.45, 2.75) is 26.3 Å². The largest absolute Gasteiger partial charge is 0.319 e. The average molecular weight is 419 g/mol. The van der Waals surface area contributed by atoms with Crippen LogP contribution < -0.4 is 10.9 Å². The number of carbonyl (C=O) groups excluding carboxylic acids is 1. The van der Waals surface area contributed by atoms with Gasteiger partial charge in [-0.2, -0.15) is 5.10 Å². The highest BCUT2D eigenvalue weighted by atomic mass is 19.2. The number of halogens is 4. The van der Waals surface area contributed by atoms with Crippen LogP contribution >= 0.6 is 0 Å². The van der Waals surface area contributed by atoms with Crippen molar-refractivity contribution < 1.29 is 22.4 Å². The van der Waals surface area contributed by atoms with Gasteiger partial charge < -0.3 is 5.32 Å². The zero-order valence-electron chi connectivity index (χ0n) is 16.0. The lowest BCUT2D eigenvalue weighted by molar-refractivity contribution is -0.119. The lowest BCUT2D eigenvalue weighted by Gasteiger charge is -2.18. The first-order valence-electron chi connectivity index (χ1n) is 9.03. The molecule has 1 aromatic heterocycles. The minimum Gasteiger partial charge on any atom is -0.319 e. The second-order valence-corrected chi connectivity index (χ2v) is 6.62. The molecule has 5 nitrogen and oxygen atoms in total. The van der Waals surface area contributed by atoms with E-state index in [2.05, 4.69) is 5.10 Å². The van der Waals surface area contributed by atoms with Gasteiger partial charge in [-0.15, -0.1) is 0 Å². The standard InChI is InChI=1S/C21H17F4N3O2/c1-3-16(21(30)26-20-18(24)13(22)10-14(23)19(20)25)28-17(29)9-8-15(27-28)12-6-4-11(2)5-7-12/h4-10,16H,3H2,1-2H3,(H,26,30). The van der Waals surface area contributed by atoms with E-state index in [-0.39, 0.29) is 12.5 Å². The predicted molar refractivity (Wildman–Crippen MR) is 103 cm³/mol. The summed E-state index contributed by atoms with van der Waals surface area (Å²) in [5.74, 6) is -7.85. The molecule has 30 heavy (non-hydrogen) atoms. The molecule has 0 aliphatic heterocycles. The van der Waals surface area contributed by atoms with E-state index in [9.17, 15) is 27.2 Å². The second-order valence-electron chi connectivity index (χ2n) is 6.62. The summed E-state index contributed by atoms with van der Waals surface area (Å²) in [6.45, 7) is 3.46. The van der Waals surface area contributed by atoms with Gasteiger partial charge in [0, 0.05) is 17.7 Å². The van der Waals surface area contributed by atoms with Gasteiger partial charge in [-0.25, -0.2) is 22.2 Å². The van der Waals surface area contributed by atoms with Crippen LogP contribution in [0.25, 0.3) is 11.3 Å². The fourth-order valence-electron chi connectivity index (χ4n) is 2.89. The summed E-state index contributed by atoms with van der Waals surface area (Å²) in [5.41, 5.74) is 0.214. The fraction of sp³-hybridized carbons (Fsp3) is 0.190. The van der Waals surface area contributed by atoms with Gasteiger partial charge in [-0.05, 0) is 19.4 Å². The molecule has 0 radical (unpaired) electrons. The number of benzene rings is 2. The van der Waals surface area contributed by atoms with Crippen molar-refractivity contribution in [3.8, 4) is 11.3 Å². The molecular weight excluding hydrogens is 402 g/mol. The van der Waals surface area contributed by atoms with Crippen LogP contribution in [0.2, 0.25) is 0 Å². The van der Waals surface area contributed by atoms with Gasteiger partial charge in [0.15, 0.2) is 23.3 Å². The molecule has 1 amide bonds. The van der Waals surface area contributed by atoms with E-state index in [4.69, 9.17) is 0 Å². The minimum absolute atomic E-state index is 0.0249. The Labute approximate surface area is 169 Å². The maximum Gasteiger partial charge on any atom is 0.267 e. The Kier molecular flexibility index (Phi) is 6.00. The first-order chi connectivity index (χ1) is 14.2. The molecule has 1 heterocycles. The summed E-state index contributed by atoms with van der Waals surface area (Å²) in [7, 11) is 0. The first-order valence-corrected chi connectivity index (χ1v) is 9.03. The highest BCUT2D eigenvalue weighted by molar-refractivity contribution is 5.93. The summed E-state index contributed by atoms with van der Waals surface area (Å²) >= 11 is 0. The summed E-state index contributed by atoms with van der Waals surface area (Å²) < 4.78 is 55.5. The van der Waals surface area contributed by atoms with Crippen LogP contribution in [0.4, 0.5) is 23.2 Å². The number of rotatable bonds is 5. The van der Waals surface area contributed by atoms with Crippen molar-refractivity contribution in [1.82, 2.24) is 9.78 Å². The normalized spacial score (nSPS) is 11.9. The Hall–Kier alpha value is -3.49. The molecule has 0 spiro atoms. The van der Waals surface area contributed by atoms with Crippen LogP contribution in [0, 0.1) is 30.2 Å². The number of nitrogens with zero attached hydrogens (tertiary/aromatic N) is 2. The number of aryl methyl sites for hydroxylation is 1. The van der Waals surface area contributed by atoms with Gasteiger partial charge >= 0.3 is 0 Å². The van der Waals surface area contributed by atoms with Crippen LogP contribution in [0.3, 0.4) is 0 Å². The van der Waals surface area contributed by atoms with Crippen molar-refractivity contribution in [3.05, 3.63) is 81.7 Å². The van der Waals surface area contributed by atoms with Crippen LogP contribution in [0.5, 0.6) is 0 Å². The highest BCUT2D eigenvalue weighted by Gasteiger charge is 2.26. The monoisotopic (exact) mass is 419 g/mol. The molecule has 3 rings (SSSR count). The van der Waals surface area contributed by atoms with Crippen molar-refractivity contribution in [2.75, 3.05) is 5.32 Å². The maximum atomic E-state index is 13.9. The number of hydrogen-bond donors (Lipinski definition) is 1. The summed E-state index contributed by atoms with van der Waals surface area (Å²) in [4.78, 5) is 24.9. The third-order valence-electron chi connectivity index (χ3n) is 4.52. The number of hydrogen-bond acceptors (Lipinski definition) is 3. The third kappa shape index (κ3) is 4.10. The van der Waals surface area contributed by atoms with E-state index in [1.165, 1.54) is 12.1 Å². The smallest absolute Gasteiger partial charge is 0.267 e. The van der Waals surface area contributed by atoms with Crippen LogP contribution in [0.1, 0.15) is 24.9 Å². The average Bonchev–Trinajstić information content (AvgIpc) is 2.72. The van der Waals surface area contributed by atoms with E-state index in [1.807, 2.05) is 24.4 Å². The van der Waals surface area contributed by atoms with Gasteiger partial charge in [-0.3, -0.25) is 9.59 Å². The summed E-state index contributed by atoms with van der Waals surface area (Å²) in [6, 6.07) is 8.72. The van der Waals surface area contributed by atoms with Gasteiger partial charge in [0.05, 0.1) is 5.69 Å². The molecule has 1 N–H and O–H groups in total. The van der Waals surface area contributed by atoms with E-state index in [1.54, 1.807) is 19.1 Å². The molecule has 2 aromatic carbocycles. The van der Waals surface area contributed by atoms with Gasteiger partial charge in [0.1, 0.15) is 11.7 Å². The zero-order chi connectivity index (χ0) is 22.0. The number of carbonyl (C=O) groups is 1. The Morgan fingerprint density at radius 2 is 1.63 bits per heavy atom. The molecule has 3 aromatic rings. The summed E-state index contributed by atoms with van der Waals surface area (Å²) in [6.07, 6.45) is 0.0249. The Morgan fingerprint density at radius 3 is 2.20 bits per heavy atom. The first kappa shape index (κ1) is 21.2. The molecule has 1 unspecified atom stereocenters. The minimum atomic E-state index is -1.74. The SMILES string of the molecule is CCC(C(=O)Nc1c(F)c(F)cc(F)c1F)n1nc(-c2ccc(C)cc2)ccc1=O. The number of anilines is 1. The third-order valence-corrected chi connectivity index (χ3v) is 4.52. The lowest BCUT2D eigenvalue weighted by atomic mass is 10.1. The van der Waals surface area contributed by atoms with Crippen molar-refractivity contribution >= 4 is 11.6 Å². The summed E-state index contributed by atoms with van der Waals surface area (Å²) in [5, 5.41) is 6.03. The second kappa shape index (κ2) is 8.48. The quantitative estimate of drug-likeness (QED) is 0.494. The maximum absolute atomic E-state index is 13.9. The van der Waals surface area contributed by atoms with Gasteiger partial charge in [0.25, 0.3) is 5.56 Å². The molecule has 0 bridgehead atoms. The van der Waals surface area contributed by atoms with Crippen molar-refractivity contribution in [1.29, 1.82) is 0 Å². The van der Waals surface area contributed by atoms with Gasteiger partial charge in [-0.1, -0.05) is 36.8 Å². The van der Waals surface area contributed by atoms with Crippen molar-refractivity contribution in [3.63, 3.8) is 0 Å². The molecule has 0 fully saturated rings. The van der Waals surface area contributed by atoms with E-state index in [0.29, 0.717) is 11.3 Å². The molecule has 156 valence electrons. The Balaban J connectivity index is 1.98. The number of nitrogens with one attached hydrogen (secondary N) is 1.